The van der Waals surface area contributed by atoms with Crippen LogP contribution in [0.15, 0.2) is 24.3 Å². The smallest absolute Gasteiger partial charge is 0.306 e. The highest BCUT2D eigenvalue weighted by Crippen LogP contribution is 2.22. The van der Waals surface area contributed by atoms with Crippen LogP contribution < -0.4 is 10.1 Å². The van der Waals surface area contributed by atoms with E-state index in [1.165, 1.54) is 0 Å². The standard InChI is InChI=1S/C20H29NO5/c1-24-16-5-2-15(3-6-16)12-17-20(18(22)13-21-17)26-19(23)7-4-14-8-10-25-11-9-14/h2-3,5-6,14,17-18,20-22H,4,7-13H2,1H3/t17-,18+,20+/m1/s1. The highest BCUT2D eigenvalue weighted by Gasteiger charge is 2.37. The quantitative estimate of drug-likeness (QED) is 0.718. The predicted octanol–water partition coefficient (Wildman–Crippen LogP) is 1.69. The monoisotopic (exact) mass is 363 g/mol. The summed E-state index contributed by atoms with van der Waals surface area (Å²) in [4.78, 5) is 12.3. The van der Waals surface area contributed by atoms with Crippen LogP contribution in [0.3, 0.4) is 0 Å². The van der Waals surface area contributed by atoms with Crippen molar-refractivity contribution in [1.82, 2.24) is 5.32 Å². The largest absolute Gasteiger partial charge is 0.497 e. The van der Waals surface area contributed by atoms with E-state index >= 15 is 0 Å². The number of rotatable bonds is 7. The SMILES string of the molecule is COc1ccc(C[C@H]2NC[C@H](O)[C@H]2OC(=O)CCC2CCOCC2)cc1. The Labute approximate surface area is 154 Å². The summed E-state index contributed by atoms with van der Waals surface area (Å²) in [6.07, 6.45) is 2.80. The number of aliphatic hydroxyl groups excluding tert-OH is 1. The minimum atomic E-state index is -0.662. The lowest BCUT2D eigenvalue weighted by Gasteiger charge is -2.24. The second kappa shape index (κ2) is 9.35. The van der Waals surface area contributed by atoms with E-state index in [0.29, 0.717) is 25.3 Å². The number of carbonyl (C=O) groups excluding carboxylic acids is 1. The molecule has 0 aromatic heterocycles. The molecule has 1 aromatic carbocycles. The van der Waals surface area contributed by atoms with Gasteiger partial charge >= 0.3 is 5.97 Å². The van der Waals surface area contributed by atoms with E-state index in [1.807, 2.05) is 24.3 Å². The Bertz CT molecular complexity index is 570. The van der Waals surface area contributed by atoms with Gasteiger partial charge in [0.25, 0.3) is 0 Å². The van der Waals surface area contributed by atoms with Crippen LogP contribution in [-0.2, 0) is 20.7 Å². The maximum Gasteiger partial charge on any atom is 0.306 e. The third-order valence-electron chi connectivity index (χ3n) is 5.34. The fraction of sp³-hybridized carbons (Fsp3) is 0.650. The maximum atomic E-state index is 12.3. The molecule has 144 valence electrons. The van der Waals surface area contributed by atoms with Gasteiger partial charge in [0.1, 0.15) is 18.0 Å². The van der Waals surface area contributed by atoms with Crippen LogP contribution >= 0.6 is 0 Å². The van der Waals surface area contributed by atoms with Gasteiger partial charge in [0.05, 0.1) is 13.2 Å². The van der Waals surface area contributed by atoms with Crippen LogP contribution in [0, 0.1) is 5.92 Å². The van der Waals surface area contributed by atoms with E-state index < -0.39 is 12.2 Å². The zero-order chi connectivity index (χ0) is 18.4. The van der Waals surface area contributed by atoms with Gasteiger partial charge in [0, 0.05) is 26.2 Å². The zero-order valence-electron chi connectivity index (χ0n) is 15.4. The van der Waals surface area contributed by atoms with Gasteiger partial charge in [0.15, 0.2) is 0 Å². The minimum absolute atomic E-state index is 0.0783. The molecule has 3 rings (SSSR count). The van der Waals surface area contributed by atoms with Crippen LogP contribution in [0.5, 0.6) is 5.75 Å². The summed E-state index contributed by atoms with van der Waals surface area (Å²) in [5.41, 5.74) is 1.11. The van der Waals surface area contributed by atoms with Gasteiger partial charge in [0.2, 0.25) is 0 Å². The van der Waals surface area contributed by atoms with Crippen LogP contribution in [0.25, 0.3) is 0 Å². The van der Waals surface area contributed by atoms with Gasteiger partial charge in [-0.3, -0.25) is 4.79 Å². The van der Waals surface area contributed by atoms with Crippen LogP contribution in [0.4, 0.5) is 0 Å². The number of hydrogen-bond donors (Lipinski definition) is 2. The molecule has 0 saturated carbocycles. The molecule has 2 aliphatic rings. The molecule has 0 amide bonds. The molecule has 2 saturated heterocycles. The van der Waals surface area contributed by atoms with Gasteiger partial charge in [-0.1, -0.05) is 12.1 Å². The molecular weight excluding hydrogens is 334 g/mol. The van der Waals surface area contributed by atoms with E-state index in [0.717, 1.165) is 43.8 Å². The fourth-order valence-corrected chi connectivity index (χ4v) is 3.70. The van der Waals surface area contributed by atoms with Crippen LogP contribution in [0.1, 0.15) is 31.2 Å². The van der Waals surface area contributed by atoms with E-state index in [-0.39, 0.29) is 12.0 Å². The fourth-order valence-electron chi connectivity index (χ4n) is 3.70. The van der Waals surface area contributed by atoms with Crippen molar-refractivity contribution in [1.29, 1.82) is 0 Å². The Morgan fingerprint density at radius 3 is 2.69 bits per heavy atom. The molecule has 0 bridgehead atoms. The van der Waals surface area contributed by atoms with Crippen molar-refractivity contribution in [2.75, 3.05) is 26.9 Å². The number of esters is 1. The number of β-amino-alcohol motifs (C(OH)–C–C–N with tert-alkyl or cyclic N) is 1. The summed E-state index contributed by atoms with van der Waals surface area (Å²) >= 11 is 0. The lowest BCUT2D eigenvalue weighted by atomic mass is 9.95. The van der Waals surface area contributed by atoms with Crippen molar-refractivity contribution in [3.63, 3.8) is 0 Å². The summed E-state index contributed by atoms with van der Waals surface area (Å²) in [6, 6.07) is 7.74. The molecule has 2 N–H and O–H groups in total. The Morgan fingerprint density at radius 1 is 1.27 bits per heavy atom. The summed E-state index contributed by atoms with van der Waals surface area (Å²) in [5.74, 6) is 1.13. The third-order valence-corrected chi connectivity index (χ3v) is 5.34. The Morgan fingerprint density at radius 2 is 2.00 bits per heavy atom. The van der Waals surface area contributed by atoms with Crippen molar-refractivity contribution >= 4 is 5.97 Å². The highest BCUT2D eigenvalue weighted by molar-refractivity contribution is 5.69. The van der Waals surface area contributed by atoms with Gasteiger partial charge in [-0.25, -0.2) is 0 Å². The van der Waals surface area contributed by atoms with E-state index in [1.54, 1.807) is 7.11 Å². The number of benzene rings is 1. The molecule has 2 heterocycles. The summed E-state index contributed by atoms with van der Waals surface area (Å²) in [7, 11) is 1.64. The number of aliphatic hydroxyl groups is 1. The van der Waals surface area contributed by atoms with Gasteiger partial charge in [-0.2, -0.15) is 0 Å². The molecule has 26 heavy (non-hydrogen) atoms. The molecule has 6 nitrogen and oxygen atoms in total. The minimum Gasteiger partial charge on any atom is -0.497 e. The third kappa shape index (κ3) is 5.19. The molecule has 0 spiro atoms. The second-order valence-electron chi connectivity index (χ2n) is 7.18. The Balaban J connectivity index is 1.49. The highest BCUT2D eigenvalue weighted by atomic mass is 16.6. The van der Waals surface area contributed by atoms with E-state index in [4.69, 9.17) is 14.2 Å². The van der Waals surface area contributed by atoms with Gasteiger partial charge in [-0.15, -0.1) is 0 Å². The molecular formula is C20H29NO5. The summed E-state index contributed by atoms with van der Waals surface area (Å²) in [5, 5.41) is 13.5. The topological polar surface area (TPSA) is 77.0 Å². The molecule has 2 fully saturated rings. The Hall–Kier alpha value is -1.63. The summed E-state index contributed by atoms with van der Waals surface area (Å²) in [6.45, 7) is 2.02. The number of hydrogen-bond acceptors (Lipinski definition) is 6. The Kier molecular flexibility index (Phi) is 6.88. The van der Waals surface area contributed by atoms with Crippen LogP contribution in [-0.4, -0.2) is 56.2 Å². The first-order valence-electron chi connectivity index (χ1n) is 9.47. The average Bonchev–Trinajstić information content (AvgIpc) is 3.01. The molecule has 0 radical (unpaired) electrons. The molecule has 0 unspecified atom stereocenters. The average molecular weight is 363 g/mol. The molecule has 2 aliphatic heterocycles. The zero-order valence-corrected chi connectivity index (χ0v) is 15.4. The molecule has 3 atom stereocenters. The second-order valence-corrected chi connectivity index (χ2v) is 7.18. The van der Waals surface area contributed by atoms with Gasteiger partial charge < -0.3 is 24.6 Å². The molecule has 6 heteroatoms. The predicted molar refractivity (Wildman–Crippen MR) is 97.2 cm³/mol. The van der Waals surface area contributed by atoms with Crippen LogP contribution in [0.2, 0.25) is 0 Å². The molecule has 1 aromatic rings. The van der Waals surface area contributed by atoms with Crippen molar-refractivity contribution in [2.45, 2.75) is 50.4 Å². The van der Waals surface area contributed by atoms with Crippen molar-refractivity contribution in [3.8, 4) is 5.75 Å². The van der Waals surface area contributed by atoms with Gasteiger partial charge in [-0.05, 0) is 49.3 Å². The van der Waals surface area contributed by atoms with E-state index in [2.05, 4.69) is 5.32 Å². The maximum absolute atomic E-state index is 12.3. The molecule has 0 aliphatic carbocycles. The van der Waals surface area contributed by atoms with E-state index in [9.17, 15) is 9.90 Å². The first-order chi connectivity index (χ1) is 12.7. The number of nitrogens with one attached hydrogen (secondary N) is 1. The van der Waals surface area contributed by atoms with Crippen molar-refractivity contribution in [3.05, 3.63) is 29.8 Å². The number of ether oxygens (including phenoxy) is 3. The first-order valence-corrected chi connectivity index (χ1v) is 9.47. The normalized spacial score (nSPS) is 26.6. The lowest BCUT2D eigenvalue weighted by molar-refractivity contribution is -0.154. The first kappa shape index (κ1) is 19.1. The lowest BCUT2D eigenvalue weighted by Crippen LogP contribution is -2.39. The number of carbonyl (C=O) groups is 1. The van der Waals surface area contributed by atoms with Crippen molar-refractivity contribution in [2.24, 2.45) is 5.92 Å². The summed E-state index contributed by atoms with van der Waals surface area (Å²) < 4.78 is 16.2. The van der Waals surface area contributed by atoms with Crippen molar-refractivity contribution < 1.29 is 24.1 Å². The number of methoxy groups -OCH3 is 1.